The van der Waals surface area contributed by atoms with Crippen LogP contribution in [0.15, 0.2) is 24.3 Å². The van der Waals surface area contributed by atoms with Crippen LogP contribution in [0, 0.1) is 5.82 Å². The molecule has 66 valence electrons. The van der Waals surface area contributed by atoms with Crippen molar-refractivity contribution in [3.63, 3.8) is 0 Å². The van der Waals surface area contributed by atoms with Gasteiger partial charge in [-0.3, -0.25) is 0 Å². The minimum Gasteiger partial charge on any atom is -0.374 e. The van der Waals surface area contributed by atoms with Crippen molar-refractivity contribution in [1.82, 2.24) is 0 Å². The van der Waals surface area contributed by atoms with Gasteiger partial charge in [0.05, 0.1) is 0 Å². The van der Waals surface area contributed by atoms with E-state index in [4.69, 9.17) is 0 Å². The van der Waals surface area contributed by atoms with E-state index in [9.17, 15) is 4.39 Å². The number of nitrogens with zero attached hydrogens (tertiary/aromatic N) is 1. The molecule has 0 spiro atoms. The van der Waals surface area contributed by atoms with Crippen molar-refractivity contribution in [2.24, 2.45) is 0 Å². The monoisotopic (exact) mass is 279 g/mol. The third-order valence-corrected chi connectivity index (χ3v) is 2.17. The first-order valence-corrected chi connectivity index (χ1v) is 5.29. The summed E-state index contributed by atoms with van der Waals surface area (Å²) in [5.41, 5.74) is 1.06. The zero-order chi connectivity index (χ0) is 8.97. The summed E-state index contributed by atoms with van der Waals surface area (Å²) in [6.45, 7) is 0.992. The number of halogens is 2. The maximum Gasteiger partial charge on any atom is 0.123 e. The molecule has 1 aromatic rings. The largest absolute Gasteiger partial charge is 0.374 e. The summed E-state index contributed by atoms with van der Waals surface area (Å²) >= 11 is 2.32. The van der Waals surface area contributed by atoms with E-state index in [1.54, 1.807) is 12.1 Å². The van der Waals surface area contributed by atoms with Gasteiger partial charge in [-0.05, 0) is 24.3 Å². The van der Waals surface area contributed by atoms with Crippen LogP contribution in [-0.2, 0) is 0 Å². The van der Waals surface area contributed by atoms with Crippen LogP contribution in [0.25, 0.3) is 0 Å². The summed E-state index contributed by atoms with van der Waals surface area (Å²) < 4.78 is 13.6. The van der Waals surface area contributed by atoms with Crippen LogP contribution in [-0.4, -0.2) is 18.0 Å². The van der Waals surface area contributed by atoms with Gasteiger partial charge >= 0.3 is 0 Å². The van der Waals surface area contributed by atoms with Gasteiger partial charge in [0.25, 0.3) is 0 Å². The van der Waals surface area contributed by atoms with E-state index in [0.29, 0.717) is 0 Å². The second kappa shape index (κ2) is 4.64. The molecule has 0 atom stereocenters. The Hall–Kier alpha value is -0.320. The van der Waals surface area contributed by atoms with Crippen LogP contribution < -0.4 is 4.90 Å². The van der Waals surface area contributed by atoms with Crippen LogP contribution in [0.3, 0.4) is 0 Å². The Labute approximate surface area is 85.7 Å². The van der Waals surface area contributed by atoms with Crippen LogP contribution in [0.5, 0.6) is 0 Å². The second-order valence-electron chi connectivity index (χ2n) is 2.59. The fourth-order valence-corrected chi connectivity index (χ4v) is 1.68. The predicted octanol–water partition coefficient (Wildman–Crippen LogP) is 2.70. The molecule has 0 N–H and O–H groups in total. The van der Waals surface area contributed by atoms with Crippen LogP contribution >= 0.6 is 22.6 Å². The average Bonchev–Trinajstić information content (AvgIpc) is 2.06. The van der Waals surface area contributed by atoms with E-state index in [1.165, 1.54) is 12.1 Å². The molecule has 1 nitrogen and oxygen atoms in total. The highest BCUT2D eigenvalue weighted by Gasteiger charge is 1.98. The Morgan fingerprint density at radius 3 is 2.42 bits per heavy atom. The fraction of sp³-hybridized carbons (Fsp3) is 0.333. The standard InChI is InChI=1S/C9H11FIN/c1-12(7-6-11)9-4-2-8(10)3-5-9/h2-5H,6-7H2,1H3. The van der Waals surface area contributed by atoms with E-state index < -0.39 is 0 Å². The molecule has 0 fully saturated rings. The lowest BCUT2D eigenvalue weighted by molar-refractivity contribution is 0.627. The van der Waals surface area contributed by atoms with Gasteiger partial charge in [-0.1, -0.05) is 22.6 Å². The molecule has 0 amide bonds. The van der Waals surface area contributed by atoms with Gasteiger partial charge in [-0.15, -0.1) is 0 Å². The maximum atomic E-state index is 12.5. The highest BCUT2D eigenvalue weighted by atomic mass is 127. The average molecular weight is 279 g/mol. The van der Waals surface area contributed by atoms with Gasteiger partial charge in [0.15, 0.2) is 0 Å². The van der Waals surface area contributed by atoms with Crippen LogP contribution in [0.2, 0.25) is 0 Å². The van der Waals surface area contributed by atoms with Gasteiger partial charge in [-0.2, -0.15) is 0 Å². The Morgan fingerprint density at radius 2 is 1.92 bits per heavy atom. The van der Waals surface area contributed by atoms with Crippen LogP contribution in [0.4, 0.5) is 10.1 Å². The Bertz CT molecular complexity index is 235. The quantitative estimate of drug-likeness (QED) is 0.607. The summed E-state index contributed by atoms with van der Waals surface area (Å²) in [4.78, 5) is 2.10. The normalized spacial score (nSPS) is 9.92. The molecule has 0 saturated heterocycles. The van der Waals surface area contributed by atoms with E-state index >= 15 is 0 Å². The van der Waals surface area contributed by atoms with Gasteiger partial charge in [-0.25, -0.2) is 4.39 Å². The lowest BCUT2D eigenvalue weighted by Crippen LogP contribution is -2.19. The van der Waals surface area contributed by atoms with Gasteiger partial charge in [0.1, 0.15) is 5.82 Å². The summed E-state index contributed by atoms with van der Waals surface area (Å²) in [6.07, 6.45) is 0. The summed E-state index contributed by atoms with van der Waals surface area (Å²) in [5.74, 6) is -0.179. The minimum absolute atomic E-state index is 0.179. The molecule has 0 aliphatic carbocycles. The van der Waals surface area contributed by atoms with Crippen molar-refractivity contribution >= 4 is 28.3 Å². The lowest BCUT2D eigenvalue weighted by Gasteiger charge is -2.17. The number of hydrogen-bond acceptors (Lipinski definition) is 1. The topological polar surface area (TPSA) is 3.24 Å². The zero-order valence-electron chi connectivity index (χ0n) is 6.93. The molecule has 1 rings (SSSR count). The van der Waals surface area contributed by atoms with Gasteiger partial charge in [0, 0.05) is 23.7 Å². The molecule has 0 saturated carbocycles. The Kier molecular flexibility index (Phi) is 3.78. The molecule has 0 bridgehead atoms. The Balaban J connectivity index is 2.68. The molecule has 0 aromatic heterocycles. The molecular formula is C9H11FIN. The third-order valence-electron chi connectivity index (χ3n) is 1.69. The minimum atomic E-state index is -0.179. The second-order valence-corrected chi connectivity index (χ2v) is 3.67. The predicted molar refractivity (Wildman–Crippen MR) is 58.6 cm³/mol. The molecule has 12 heavy (non-hydrogen) atoms. The van der Waals surface area contributed by atoms with Crippen molar-refractivity contribution in [1.29, 1.82) is 0 Å². The number of anilines is 1. The third kappa shape index (κ3) is 2.62. The Morgan fingerprint density at radius 1 is 1.33 bits per heavy atom. The molecule has 0 radical (unpaired) electrons. The number of alkyl halides is 1. The van der Waals surface area contributed by atoms with Crippen LogP contribution in [0.1, 0.15) is 0 Å². The smallest absolute Gasteiger partial charge is 0.123 e. The molecule has 0 aliphatic heterocycles. The van der Waals surface area contributed by atoms with Crippen molar-refractivity contribution in [2.45, 2.75) is 0 Å². The van der Waals surface area contributed by atoms with Gasteiger partial charge in [0.2, 0.25) is 0 Å². The molecule has 0 heterocycles. The highest BCUT2D eigenvalue weighted by Crippen LogP contribution is 2.12. The first-order valence-electron chi connectivity index (χ1n) is 3.76. The van der Waals surface area contributed by atoms with Gasteiger partial charge < -0.3 is 4.90 Å². The van der Waals surface area contributed by atoms with Crippen molar-refractivity contribution in [2.75, 3.05) is 22.9 Å². The summed E-state index contributed by atoms with van der Waals surface area (Å²) in [7, 11) is 2.01. The molecular weight excluding hydrogens is 268 g/mol. The van der Waals surface area contributed by atoms with E-state index in [0.717, 1.165) is 16.7 Å². The molecule has 1 aromatic carbocycles. The number of hydrogen-bond donors (Lipinski definition) is 0. The zero-order valence-corrected chi connectivity index (χ0v) is 9.08. The van der Waals surface area contributed by atoms with E-state index in [-0.39, 0.29) is 5.82 Å². The van der Waals surface area contributed by atoms with Crippen molar-refractivity contribution < 1.29 is 4.39 Å². The van der Waals surface area contributed by atoms with E-state index in [2.05, 4.69) is 27.5 Å². The fourth-order valence-electron chi connectivity index (χ4n) is 0.951. The molecule has 0 unspecified atom stereocenters. The number of rotatable bonds is 3. The molecule has 0 aliphatic rings. The van der Waals surface area contributed by atoms with E-state index in [1.807, 2.05) is 7.05 Å². The van der Waals surface area contributed by atoms with Crippen molar-refractivity contribution in [3.05, 3.63) is 30.1 Å². The lowest BCUT2D eigenvalue weighted by atomic mass is 10.3. The summed E-state index contributed by atoms with van der Waals surface area (Å²) in [6, 6.07) is 6.56. The highest BCUT2D eigenvalue weighted by molar-refractivity contribution is 14.1. The van der Waals surface area contributed by atoms with Crippen molar-refractivity contribution in [3.8, 4) is 0 Å². The SMILES string of the molecule is CN(CCI)c1ccc(F)cc1. The summed E-state index contributed by atoms with van der Waals surface area (Å²) in [5, 5.41) is 0. The number of benzene rings is 1. The maximum absolute atomic E-state index is 12.5. The first kappa shape index (κ1) is 9.77. The first-order chi connectivity index (χ1) is 5.74. The molecule has 3 heteroatoms.